The van der Waals surface area contributed by atoms with Crippen LogP contribution >= 0.6 is 0 Å². The normalized spacial score (nSPS) is 10.6. The van der Waals surface area contributed by atoms with Crippen LogP contribution in [0.25, 0.3) is 10.8 Å². The van der Waals surface area contributed by atoms with Gasteiger partial charge in [-0.05, 0) is 17.5 Å². The molecule has 0 fully saturated rings. The maximum absolute atomic E-state index is 13.5. The van der Waals surface area contributed by atoms with Crippen LogP contribution in [0.2, 0.25) is 0 Å². The van der Waals surface area contributed by atoms with Gasteiger partial charge in [0, 0.05) is 6.20 Å². The van der Waals surface area contributed by atoms with E-state index in [4.69, 9.17) is 5.21 Å². The summed E-state index contributed by atoms with van der Waals surface area (Å²) in [5.74, 6) is -5.69. The molecule has 0 saturated heterocycles. The van der Waals surface area contributed by atoms with E-state index in [0.717, 1.165) is 12.3 Å². The van der Waals surface area contributed by atoms with Crippen molar-refractivity contribution in [3.63, 3.8) is 0 Å². The van der Waals surface area contributed by atoms with Gasteiger partial charge in [-0.2, -0.15) is 0 Å². The van der Waals surface area contributed by atoms with E-state index in [1.807, 2.05) is 0 Å². The molecule has 2 aromatic rings. The molecule has 0 spiro atoms. The molecule has 88 valence electrons. The van der Waals surface area contributed by atoms with Crippen LogP contribution in [0.5, 0.6) is 0 Å². The van der Waals surface area contributed by atoms with Gasteiger partial charge in [-0.15, -0.1) is 0 Å². The number of halogens is 3. The number of nitrogens with one attached hydrogen (secondary N) is 1. The summed E-state index contributed by atoms with van der Waals surface area (Å²) in [6, 6.07) is 1.96. The number of aromatic nitrogens is 1. The maximum atomic E-state index is 13.5. The van der Waals surface area contributed by atoms with Gasteiger partial charge in [-0.1, -0.05) is 0 Å². The lowest BCUT2D eigenvalue weighted by Crippen LogP contribution is -2.20. The average Bonchev–Trinajstić information content (AvgIpc) is 2.34. The van der Waals surface area contributed by atoms with Gasteiger partial charge in [0.1, 0.15) is 5.69 Å². The van der Waals surface area contributed by atoms with Gasteiger partial charge >= 0.3 is 0 Å². The highest BCUT2D eigenvalue weighted by Gasteiger charge is 2.20. The van der Waals surface area contributed by atoms with Crippen molar-refractivity contribution in [2.45, 2.75) is 0 Å². The number of hydrogen-bond donors (Lipinski definition) is 2. The highest BCUT2D eigenvalue weighted by molar-refractivity contribution is 6.04. The first-order chi connectivity index (χ1) is 8.06. The minimum atomic E-state index is -1.70. The minimum Gasteiger partial charge on any atom is -0.288 e. The Kier molecular flexibility index (Phi) is 2.68. The monoisotopic (exact) mass is 242 g/mol. The lowest BCUT2D eigenvalue weighted by Gasteiger charge is -2.06. The van der Waals surface area contributed by atoms with Gasteiger partial charge in [0.2, 0.25) is 0 Å². The fourth-order valence-corrected chi connectivity index (χ4v) is 1.47. The summed E-state index contributed by atoms with van der Waals surface area (Å²) in [6.45, 7) is 0. The number of nitrogens with zero attached hydrogens (tertiary/aromatic N) is 1. The first kappa shape index (κ1) is 11.3. The summed E-state index contributed by atoms with van der Waals surface area (Å²) < 4.78 is 39.5. The Morgan fingerprint density at radius 1 is 1.29 bits per heavy atom. The quantitative estimate of drug-likeness (QED) is 0.455. The number of hydrogen-bond acceptors (Lipinski definition) is 3. The summed E-state index contributed by atoms with van der Waals surface area (Å²) in [5.41, 5.74) is 0.724. The van der Waals surface area contributed by atoms with Crippen molar-refractivity contribution in [1.29, 1.82) is 0 Å². The number of carbonyl (C=O) groups excluding carboxylic acids is 1. The van der Waals surface area contributed by atoms with E-state index in [2.05, 4.69) is 4.98 Å². The third-order valence-corrected chi connectivity index (χ3v) is 2.20. The Bertz CT molecular complexity index is 616. The summed E-state index contributed by atoms with van der Waals surface area (Å²) >= 11 is 0. The van der Waals surface area contributed by atoms with Gasteiger partial charge in [0.25, 0.3) is 5.91 Å². The van der Waals surface area contributed by atoms with Crippen LogP contribution < -0.4 is 5.48 Å². The van der Waals surface area contributed by atoms with Crippen LogP contribution in [0.1, 0.15) is 10.5 Å². The van der Waals surface area contributed by atoms with Crippen molar-refractivity contribution in [2.75, 3.05) is 0 Å². The van der Waals surface area contributed by atoms with Gasteiger partial charge in [-0.3, -0.25) is 15.0 Å². The van der Waals surface area contributed by atoms with Gasteiger partial charge in [0.15, 0.2) is 17.5 Å². The molecule has 4 nitrogen and oxygen atoms in total. The summed E-state index contributed by atoms with van der Waals surface area (Å²) in [6.07, 6.45) is 1.11. The molecule has 0 aliphatic rings. The Hall–Kier alpha value is -2.15. The highest BCUT2D eigenvalue weighted by atomic mass is 19.2. The summed E-state index contributed by atoms with van der Waals surface area (Å²) in [5, 5.41) is 7.91. The second-order valence-electron chi connectivity index (χ2n) is 3.18. The van der Waals surface area contributed by atoms with Crippen LogP contribution in [0.3, 0.4) is 0 Å². The molecule has 0 unspecified atom stereocenters. The van der Waals surface area contributed by atoms with Crippen molar-refractivity contribution >= 4 is 16.7 Å². The highest BCUT2D eigenvalue weighted by Crippen LogP contribution is 2.24. The van der Waals surface area contributed by atoms with Crippen LogP contribution in [0.15, 0.2) is 18.3 Å². The molecule has 0 atom stereocenters. The predicted molar refractivity (Wildman–Crippen MR) is 50.9 cm³/mol. The number of carbonyl (C=O) groups is 1. The topological polar surface area (TPSA) is 62.2 Å². The van der Waals surface area contributed by atoms with E-state index in [9.17, 15) is 18.0 Å². The average molecular weight is 242 g/mol. The Balaban J connectivity index is 2.88. The molecule has 1 amide bonds. The largest absolute Gasteiger partial charge is 0.293 e. The maximum Gasteiger partial charge on any atom is 0.293 e. The first-order valence-corrected chi connectivity index (χ1v) is 4.43. The van der Waals surface area contributed by atoms with Crippen LogP contribution in [-0.4, -0.2) is 16.1 Å². The van der Waals surface area contributed by atoms with E-state index in [0.29, 0.717) is 0 Å². The van der Waals surface area contributed by atoms with Crippen molar-refractivity contribution in [3.8, 4) is 0 Å². The zero-order valence-corrected chi connectivity index (χ0v) is 8.17. The SMILES string of the molecule is O=C(NO)c1nccc2cc(F)c(F)c(F)c12. The number of amides is 1. The molecule has 0 aliphatic heterocycles. The third-order valence-electron chi connectivity index (χ3n) is 2.20. The van der Waals surface area contributed by atoms with E-state index in [1.54, 1.807) is 0 Å². The molecule has 7 heteroatoms. The fraction of sp³-hybridized carbons (Fsp3) is 0. The lowest BCUT2D eigenvalue weighted by atomic mass is 10.1. The van der Waals surface area contributed by atoms with E-state index >= 15 is 0 Å². The number of rotatable bonds is 1. The molecule has 0 radical (unpaired) electrons. The number of benzene rings is 1. The van der Waals surface area contributed by atoms with Crippen LogP contribution in [-0.2, 0) is 0 Å². The van der Waals surface area contributed by atoms with Gasteiger partial charge in [-0.25, -0.2) is 18.7 Å². The van der Waals surface area contributed by atoms with E-state index in [-0.39, 0.29) is 5.39 Å². The standard InChI is InChI=1S/C10H5F3N2O2/c11-5-3-4-1-2-14-9(10(16)15-17)6(4)8(13)7(5)12/h1-3,17H,(H,15,16). The molecule has 0 saturated carbocycles. The zero-order valence-electron chi connectivity index (χ0n) is 8.17. The third kappa shape index (κ3) is 1.70. The number of fused-ring (bicyclic) bond motifs is 1. The second kappa shape index (κ2) is 4.02. The summed E-state index contributed by atoms with van der Waals surface area (Å²) in [4.78, 5) is 14.7. The van der Waals surface area contributed by atoms with Crippen molar-refractivity contribution in [2.24, 2.45) is 0 Å². The molecule has 0 bridgehead atoms. The molecule has 2 rings (SSSR count). The lowest BCUT2D eigenvalue weighted by molar-refractivity contribution is 0.0702. The second-order valence-corrected chi connectivity index (χ2v) is 3.18. The van der Waals surface area contributed by atoms with Crippen LogP contribution in [0, 0.1) is 17.5 Å². The molecule has 1 aromatic heterocycles. The smallest absolute Gasteiger partial charge is 0.288 e. The predicted octanol–water partition coefficient (Wildman–Crippen LogP) is 1.77. The Labute approximate surface area is 92.7 Å². The van der Waals surface area contributed by atoms with E-state index in [1.165, 1.54) is 11.5 Å². The Morgan fingerprint density at radius 3 is 2.65 bits per heavy atom. The zero-order chi connectivity index (χ0) is 12.6. The molecule has 1 aromatic carbocycles. The van der Waals surface area contributed by atoms with E-state index < -0.39 is 34.4 Å². The molecule has 0 aliphatic carbocycles. The van der Waals surface area contributed by atoms with Crippen molar-refractivity contribution in [1.82, 2.24) is 10.5 Å². The van der Waals surface area contributed by atoms with Crippen LogP contribution in [0.4, 0.5) is 13.2 Å². The minimum absolute atomic E-state index is 0.0324. The Morgan fingerprint density at radius 2 is 2.00 bits per heavy atom. The molecule has 2 N–H and O–H groups in total. The molecular formula is C10H5F3N2O2. The van der Waals surface area contributed by atoms with Crippen molar-refractivity contribution < 1.29 is 23.2 Å². The van der Waals surface area contributed by atoms with Gasteiger partial charge in [0.05, 0.1) is 5.39 Å². The molecule has 1 heterocycles. The molecule has 17 heavy (non-hydrogen) atoms. The summed E-state index contributed by atoms with van der Waals surface area (Å²) in [7, 11) is 0. The van der Waals surface area contributed by atoms with Crippen molar-refractivity contribution in [3.05, 3.63) is 41.5 Å². The number of hydroxylamine groups is 1. The fourth-order valence-electron chi connectivity index (χ4n) is 1.47. The first-order valence-electron chi connectivity index (χ1n) is 4.43. The van der Waals surface area contributed by atoms with Gasteiger partial charge < -0.3 is 0 Å². The molecular weight excluding hydrogens is 237 g/mol. The number of pyridine rings is 1.